The smallest absolute Gasteiger partial charge is 0.0327 e. The Labute approximate surface area is 116 Å². The van der Waals surface area contributed by atoms with Gasteiger partial charge in [-0.1, -0.05) is 64.3 Å². The van der Waals surface area contributed by atoms with Crippen LogP contribution in [-0.2, 0) is 0 Å². The van der Waals surface area contributed by atoms with Gasteiger partial charge in [-0.2, -0.15) is 0 Å². The lowest BCUT2D eigenvalue weighted by atomic mass is 10.1. The lowest BCUT2D eigenvalue weighted by molar-refractivity contribution is 0.660. The van der Waals surface area contributed by atoms with Crippen molar-refractivity contribution in [1.29, 1.82) is 0 Å². The van der Waals surface area contributed by atoms with Crippen LogP contribution in [0, 0.1) is 5.92 Å². The van der Waals surface area contributed by atoms with Crippen molar-refractivity contribution in [3.05, 3.63) is 24.3 Å². The predicted molar refractivity (Wildman–Crippen MR) is 85.0 cm³/mol. The molecule has 0 aromatic rings. The predicted octanol–water partition coefficient (Wildman–Crippen LogP) is 6.68. The Morgan fingerprint density at radius 2 is 1.17 bits per heavy atom. The monoisotopic (exact) mass is 250 g/mol. The first kappa shape index (κ1) is 17.5. The summed E-state index contributed by atoms with van der Waals surface area (Å²) < 4.78 is 0. The molecule has 0 aliphatic carbocycles. The number of unbranched alkanes of at least 4 members (excludes halogenated alkanes) is 7. The molecule has 0 rings (SSSR count). The highest BCUT2D eigenvalue weighted by molar-refractivity contribution is 4.84. The van der Waals surface area contributed by atoms with Gasteiger partial charge in [0.15, 0.2) is 0 Å². The fraction of sp³-hybridized carbons (Fsp3) is 0.778. The minimum atomic E-state index is 0.803. The van der Waals surface area contributed by atoms with E-state index in [9.17, 15) is 0 Å². The first-order valence-corrected chi connectivity index (χ1v) is 8.07. The van der Waals surface area contributed by atoms with Crippen molar-refractivity contribution in [3.8, 4) is 0 Å². The molecule has 0 heteroatoms. The Morgan fingerprint density at radius 1 is 0.667 bits per heavy atom. The molecule has 0 unspecified atom stereocenters. The van der Waals surface area contributed by atoms with Crippen molar-refractivity contribution in [3.63, 3.8) is 0 Å². The van der Waals surface area contributed by atoms with Gasteiger partial charge in [-0.3, -0.25) is 0 Å². The molecule has 0 aliphatic rings. The van der Waals surface area contributed by atoms with Crippen LogP contribution in [0.25, 0.3) is 0 Å². The van der Waals surface area contributed by atoms with Crippen molar-refractivity contribution in [1.82, 2.24) is 0 Å². The molecular weight excluding hydrogens is 216 g/mol. The first-order valence-electron chi connectivity index (χ1n) is 8.07. The van der Waals surface area contributed by atoms with Crippen molar-refractivity contribution in [2.24, 2.45) is 5.92 Å². The third kappa shape index (κ3) is 15.5. The van der Waals surface area contributed by atoms with E-state index in [1.165, 1.54) is 64.2 Å². The molecule has 0 spiro atoms. The zero-order chi connectivity index (χ0) is 13.5. The SMILES string of the molecule is CCCCCC/C=C/CCCC/C=C/CC(C)C. The summed E-state index contributed by atoms with van der Waals surface area (Å²) >= 11 is 0. The molecule has 0 saturated heterocycles. The van der Waals surface area contributed by atoms with Gasteiger partial charge in [0, 0.05) is 0 Å². The van der Waals surface area contributed by atoms with Gasteiger partial charge in [0.25, 0.3) is 0 Å². The molecule has 106 valence electrons. The second-order valence-electron chi connectivity index (χ2n) is 5.71. The summed E-state index contributed by atoms with van der Waals surface area (Å²) in [6.45, 7) is 6.82. The fourth-order valence-electron chi connectivity index (χ4n) is 1.94. The van der Waals surface area contributed by atoms with Gasteiger partial charge in [0.2, 0.25) is 0 Å². The second-order valence-corrected chi connectivity index (χ2v) is 5.71. The van der Waals surface area contributed by atoms with Crippen LogP contribution in [0.4, 0.5) is 0 Å². The largest absolute Gasteiger partial charge is 0.0885 e. The maximum absolute atomic E-state index is 2.38. The average molecular weight is 250 g/mol. The van der Waals surface area contributed by atoms with Crippen LogP contribution in [0.5, 0.6) is 0 Å². The Hall–Kier alpha value is -0.520. The Kier molecular flexibility index (Phi) is 14.1. The normalized spacial score (nSPS) is 12.2. The van der Waals surface area contributed by atoms with Crippen LogP contribution >= 0.6 is 0 Å². The molecule has 0 atom stereocenters. The lowest BCUT2D eigenvalue weighted by Crippen LogP contribution is -1.81. The van der Waals surface area contributed by atoms with Gasteiger partial charge in [0.1, 0.15) is 0 Å². The molecule has 0 aliphatic heterocycles. The highest BCUT2D eigenvalue weighted by atomic mass is 13.9. The van der Waals surface area contributed by atoms with Gasteiger partial charge in [-0.15, -0.1) is 0 Å². The van der Waals surface area contributed by atoms with Crippen LogP contribution in [0.15, 0.2) is 24.3 Å². The van der Waals surface area contributed by atoms with Crippen LogP contribution in [0.2, 0.25) is 0 Å². The van der Waals surface area contributed by atoms with E-state index in [-0.39, 0.29) is 0 Å². The van der Waals surface area contributed by atoms with Crippen LogP contribution < -0.4 is 0 Å². The zero-order valence-electron chi connectivity index (χ0n) is 13.0. The molecule has 0 bridgehead atoms. The Morgan fingerprint density at radius 3 is 1.67 bits per heavy atom. The molecule has 0 radical (unpaired) electrons. The summed E-state index contributed by atoms with van der Waals surface area (Å²) in [7, 11) is 0. The standard InChI is InChI=1S/C18H34/c1-4-5-6-7-8-9-10-11-12-13-14-15-16-17-18(2)3/h9-10,15-16,18H,4-8,11-14,17H2,1-3H3/b10-9+,16-15+. The van der Waals surface area contributed by atoms with Crippen molar-refractivity contribution < 1.29 is 0 Å². The van der Waals surface area contributed by atoms with Gasteiger partial charge >= 0.3 is 0 Å². The molecule has 0 heterocycles. The van der Waals surface area contributed by atoms with Crippen LogP contribution in [0.3, 0.4) is 0 Å². The summed E-state index contributed by atoms with van der Waals surface area (Å²) in [5.41, 5.74) is 0. The van der Waals surface area contributed by atoms with Gasteiger partial charge in [-0.25, -0.2) is 0 Å². The molecule has 0 nitrogen and oxygen atoms in total. The van der Waals surface area contributed by atoms with Gasteiger partial charge in [0.05, 0.1) is 0 Å². The number of rotatable bonds is 12. The van der Waals surface area contributed by atoms with E-state index in [1.807, 2.05) is 0 Å². The highest BCUT2D eigenvalue weighted by Crippen LogP contribution is 2.06. The summed E-state index contributed by atoms with van der Waals surface area (Å²) in [5, 5.41) is 0. The molecule has 0 saturated carbocycles. The highest BCUT2D eigenvalue weighted by Gasteiger charge is 1.88. The number of hydrogen-bond acceptors (Lipinski definition) is 0. The number of allylic oxidation sites excluding steroid dienone is 4. The van der Waals surface area contributed by atoms with Crippen molar-refractivity contribution >= 4 is 0 Å². The minimum absolute atomic E-state index is 0.803. The quantitative estimate of drug-likeness (QED) is 0.268. The van der Waals surface area contributed by atoms with Gasteiger partial charge in [-0.05, 0) is 50.9 Å². The lowest BCUT2D eigenvalue weighted by Gasteiger charge is -1.97. The van der Waals surface area contributed by atoms with E-state index < -0.39 is 0 Å². The maximum Gasteiger partial charge on any atom is -0.0327 e. The molecule has 18 heavy (non-hydrogen) atoms. The fourth-order valence-corrected chi connectivity index (χ4v) is 1.94. The number of hydrogen-bond donors (Lipinski definition) is 0. The van der Waals surface area contributed by atoms with Crippen LogP contribution in [0.1, 0.15) is 85.0 Å². The van der Waals surface area contributed by atoms with E-state index in [4.69, 9.17) is 0 Å². The van der Waals surface area contributed by atoms with E-state index in [2.05, 4.69) is 45.1 Å². The van der Waals surface area contributed by atoms with Crippen molar-refractivity contribution in [2.45, 2.75) is 85.0 Å². The third-order valence-corrected chi connectivity index (χ3v) is 3.16. The van der Waals surface area contributed by atoms with Crippen LogP contribution in [-0.4, -0.2) is 0 Å². The summed E-state index contributed by atoms with van der Waals surface area (Å²) in [4.78, 5) is 0. The zero-order valence-corrected chi connectivity index (χ0v) is 13.0. The minimum Gasteiger partial charge on any atom is -0.0885 e. The summed E-state index contributed by atoms with van der Waals surface area (Å²) in [5.74, 6) is 0.803. The van der Waals surface area contributed by atoms with E-state index in [0.29, 0.717) is 0 Å². The maximum atomic E-state index is 2.38. The summed E-state index contributed by atoms with van der Waals surface area (Å²) in [6, 6.07) is 0. The van der Waals surface area contributed by atoms with E-state index >= 15 is 0 Å². The molecule has 0 amide bonds. The molecule has 0 aromatic carbocycles. The Bertz CT molecular complexity index is 198. The van der Waals surface area contributed by atoms with E-state index in [0.717, 1.165) is 5.92 Å². The average Bonchev–Trinajstić information content (AvgIpc) is 2.34. The van der Waals surface area contributed by atoms with Gasteiger partial charge < -0.3 is 0 Å². The van der Waals surface area contributed by atoms with E-state index in [1.54, 1.807) is 0 Å². The third-order valence-electron chi connectivity index (χ3n) is 3.16. The second kappa shape index (κ2) is 14.5. The molecule has 0 fully saturated rings. The summed E-state index contributed by atoms with van der Waals surface area (Å²) in [6.07, 6.45) is 22.7. The molecular formula is C18H34. The molecule has 0 N–H and O–H groups in total. The first-order chi connectivity index (χ1) is 8.77. The Balaban J connectivity index is 3.15. The van der Waals surface area contributed by atoms with Crippen molar-refractivity contribution in [2.75, 3.05) is 0 Å². The topological polar surface area (TPSA) is 0 Å². The molecule has 0 aromatic heterocycles.